The van der Waals surface area contributed by atoms with Crippen molar-refractivity contribution in [3.05, 3.63) is 162 Å². The van der Waals surface area contributed by atoms with E-state index in [0.717, 1.165) is 39.3 Å². The number of quaternary nitrogens is 1. The molecule has 1 aliphatic rings. The number of anilines is 3. The molecule has 1 unspecified atom stereocenters. The van der Waals surface area contributed by atoms with E-state index in [1.54, 1.807) is 0 Å². The third-order valence-electron chi connectivity index (χ3n) is 7.73. The smallest absolute Gasteiger partial charge is 0.151 e. The summed E-state index contributed by atoms with van der Waals surface area (Å²) < 4.78 is -0.678. The van der Waals surface area contributed by atoms with Gasteiger partial charge in [0.1, 0.15) is 5.69 Å². The summed E-state index contributed by atoms with van der Waals surface area (Å²) in [5.41, 5.74) is 9.27. The van der Waals surface area contributed by atoms with Crippen LogP contribution in [0, 0.1) is 16.5 Å². The average molecular weight is 528 g/mol. The minimum Gasteiger partial charge on any atom is -0.616 e. The third kappa shape index (κ3) is 4.00. The van der Waals surface area contributed by atoms with E-state index in [-0.39, 0.29) is 0 Å². The zero-order chi connectivity index (χ0) is 27.8. The van der Waals surface area contributed by atoms with E-state index in [1.807, 2.05) is 121 Å². The van der Waals surface area contributed by atoms with Crippen molar-refractivity contribution in [3.63, 3.8) is 0 Å². The van der Waals surface area contributed by atoms with Crippen molar-refractivity contribution in [1.29, 1.82) is 5.26 Å². The van der Waals surface area contributed by atoms with Gasteiger partial charge in [0.2, 0.25) is 0 Å². The molecular formula is C37H25N3O. The Balaban J connectivity index is 1.37. The summed E-state index contributed by atoms with van der Waals surface area (Å²) in [6.07, 6.45) is 0. The molecule has 0 spiro atoms. The first-order valence-electron chi connectivity index (χ1n) is 13.5. The summed E-state index contributed by atoms with van der Waals surface area (Å²) in [6, 6.07) is 52.0. The van der Waals surface area contributed by atoms with E-state index in [1.165, 1.54) is 0 Å². The second kappa shape index (κ2) is 9.93. The number of hydrogen-bond donors (Lipinski definition) is 0. The highest BCUT2D eigenvalue weighted by atomic mass is 16.5. The maximum Gasteiger partial charge on any atom is 0.151 e. The maximum atomic E-state index is 15.0. The number of para-hydroxylation sites is 3. The third-order valence-corrected chi connectivity index (χ3v) is 7.73. The second-order valence-corrected chi connectivity index (χ2v) is 10.0. The van der Waals surface area contributed by atoms with Gasteiger partial charge in [-0.05, 0) is 71.8 Å². The van der Waals surface area contributed by atoms with Gasteiger partial charge in [-0.2, -0.15) is 5.26 Å². The van der Waals surface area contributed by atoms with Crippen LogP contribution in [-0.4, -0.2) is 0 Å². The number of nitrogens with zero attached hydrogens (tertiary/aromatic N) is 3. The Bertz CT molecular complexity index is 1870. The molecule has 0 aromatic heterocycles. The molecule has 0 fully saturated rings. The molecule has 6 aromatic carbocycles. The summed E-state index contributed by atoms with van der Waals surface area (Å²) in [4.78, 5) is 2.21. The lowest BCUT2D eigenvalue weighted by atomic mass is 10.00. The number of hydrogen-bond acceptors (Lipinski definition) is 3. The van der Waals surface area contributed by atoms with Gasteiger partial charge in [0.15, 0.2) is 11.4 Å². The maximum absolute atomic E-state index is 15.0. The molecule has 0 N–H and O–H groups in total. The fourth-order valence-corrected chi connectivity index (χ4v) is 5.82. The summed E-state index contributed by atoms with van der Waals surface area (Å²) in [5.74, 6) is 0. The van der Waals surface area contributed by atoms with E-state index in [9.17, 15) is 5.26 Å². The molecule has 4 heteroatoms. The Morgan fingerprint density at radius 2 is 1.07 bits per heavy atom. The van der Waals surface area contributed by atoms with Crippen LogP contribution in [0.4, 0.5) is 34.1 Å². The Hall–Kier alpha value is -5.47. The predicted molar refractivity (Wildman–Crippen MR) is 168 cm³/mol. The highest BCUT2D eigenvalue weighted by Crippen LogP contribution is 2.58. The fraction of sp³-hybridized carbons (Fsp3) is 0. The molecule has 6 aromatic rings. The number of fused-ring (bicyclic) bond motifs is 3. The highest BCUT2D eigenvalue weighted by Gasteiger charge is 2.39. The fourth-order valence-electron chi connectivity index (χ4n) is 5.82. The van der Waals surface area contributed by atoms with Crippen LogP contribution in [0.15, 0.2) is 152 Å². The standard InChI is InChI=1S/C37H25N3O/c38-26-28-11-7-8-16-33(28)27-19-22-32(23-20-27)40(41)36-18-10-9-17-34(36)35-25-31(21-24-37(35)40)39(29-12-3-1-4-13-29)30-14-5-2-6-15-30/h1-25H. The molecule has 0 amide bonds. The van der Waals surface area contributed by atoms with Crippen molar-refractivity contribution in [2.45, 2.75) is 0 Å². The molecule has 1 heterocycles. The lowest BCUT2D eigenvalue weighted by Gasteiger charge is -2.38. The minimum absolute atomic E-state index is 0.608. The van der Waals surface area contributed by atoms with Gasteiger partial charge in [0.25, 0.3) is 0 Å². The highest BCUT2D eigenvalue weighted by molar-refractivity contribution is 6.00. The average Bonchev–Trinajstić information content (AvgIpc) is 3.31. The van der Waals surface area contributed by atoms with Crippen LogP contribution >= 0.6 is 0 Å². The monoisotopic (exact) mass is 527 g/mol. The Kier molecular flexibility index (Phi) is 5.95. The topological polar surface area (TPSA) is 50.1 Å². The van der Waals surface area contributed by atoms with Gasteiger partial charge in [-0.25, -0.2) is 0 Å². The molecule has 0 bridgehead atoms. The Morgan fingerprint density at radius 1 is 0.512 bits per heavy atom. The van der Waals surface area contributed by atoms with E-state index in [0.29, 0.717) is 22.6 Å². The van der Waals surface area contributed by atoms with E-state index >= 15 is 5.21 Å². The molecular weight excluding hydrogens is 502 g/mol. The van der Waals surface area contributed by atoms with Gasteiger partial charge < -0.3 is 10.1 Å². The summed E-state index contributed by atoms with van der Waals surface area (Å²) in [5, 5.41) is 24.6. The van der Waals surface area contributed by atoms with Crippen LogP contribution < -0.4 is 9.55 Å². The van der Waals surface area contributed by atoms with Crippen LogP contribution in [0.5, 0.6) is 0 Å². The second-order valence-electron chi connectivity index (χ2n) is 10.0. The zero-order valence-corrected chi connectivity index (χ0v) is 22.2. The molecule has 0 saturated carbocycles. The minimum atomic E-state index is -0.678. The predicted octanol–water partition coefficient (Wildman–Crippen LogP) is 10.1. The molecule has 194 valence electrons. The Labute approximate surface area is 239 Å². The van der Waals surface area contributed by atoms with Crippen molar-refractivity contribution in [2.75, 3.05) is 4.90 Å². The first kappa shape index (κ1) is 24.6. The van der Waals surface area contributed by atoms with Gasteiger partial charge in [-0.1, -0.05) is 66.7 Å². The number of rotatable bonds is 5. The van der Waals surface area contributed by atoms with Gasteiger partial charge >= 0.3 is 0 Å². The molecule has 1 atom stereocenters. The Morgan fingerprint density at radius 3 is 1.73 bits per heavy atom. The quantitative estimate of drug-likeness (QED) is 0.166. The lowest BCUT2D eigenvalue weighted by Crippen LogP contribution is -2.29. The summed E-state index contributed by atoms with van der Waals surface area (Å²) in [6.45, 7) is 0. The van der Waals surface area contributed by atoms with Gasteiger partial charge in [0, 0.05) is 46.9 Å². The largest absolute Gasteiger partial charge is 0.616 e. The molecule has 1 aliphatic heterocycles. The first-order chi connectivity index (χ1) is 20.2. The normalized spacial score (nSPS) is 15.0. The van der Waals surface area contributed by atoms with Crippen LogP contribution in [0.2, 0.25) is 0 Å². The van der Waals surface area contributed by atoms with E-state index < -0.39 is 4.65 Å². The summed E-state index contributed by atoms with van der Waals surface area (Å²) >= 11 is 0. The van der Waals surface area contributed by atoms with E-state index in [2.05, 4.69) is 41.3 Å². The zero-order valence-electron chi connectivity index (χ0n) is 22.2. The summed E-state index contributed by atoms with van der Waals surface area (Å²) in [7, 11) is 0. The van der Waals surface area contributed by atoms with Crippen LogP contribution in [0.3, 0.4) is 0 Å². The molecule has 4 nitrogen and oxygen atoms in total. The van der Waals surface area contributed by atoms with Crippen LogP contribution in [-0.2, 0) is 0 Å². The number of benzene rings is 6. The van der Waals surface area contributed by atoms with Crippen LogP contribution in [0.25, 0.3) is 22.3 Å². The van der Waals surface area contributed by atoms with E-state index in [4.69, 9.17) is 0 Å². The SMILES string of the molecule is N#Cc1ccccc1-c1ccc([N+]2([O-])c3ccccc3-c3cc(N(c4ccccc4)c4ccccc4)ccc32)cc1. The van der Waals surface area contributed by atoms with Crippen molar-refractivity contribution >= 4 is 34.1 Å². The van der Waals surface area contributed by atoms with Gasteiger partial charge in [-0.3, -0.25) is 4.65 Å². The van der Waals surface area contributed by atoms with Gasteiger partial charge in [0.05, 0.1) is 17.2 Å². The van der Waals surface area contributed by atoms with Crippen molar-refractivity contribution < 1.29 is 0 Å². The molecule has 7 rings (SSSR count). The molecule has 0 radical (unpaired) electrons. The van der Waals surface area contributed by atoms with Crippen molar-refractivity contribution in [3.8, 4) is 28.3 Å². The van der Waals surface area contributed by atoms with Crippen molar-refractivity contribution in [2.24, 2.45) is 0 Å². The molecule has 0 aliphatic carbocycles. The molecule has 41 heavy (non-hydrogen) atoms. The van der Waals surface area contributed by atoms with Gasteiger partial charge in [-0.15, -0.1) is 0 Å². The molecule has 0 saturated heterocycles. The first-order valence-corrected chi connectivity index (χ1v) is 13.5. The van der Waals surface area contributed by atoms with Crippen LogP contribution in [0.1, 0.15) is 5.56 Å². The number of nitriles is 1. The van der Waals surface area contributed by atoms with Crippen molar-refractivity contribution in [1.82, 2.24) is 4.65 Å². The lowest BCUT2D eigenvalue weighted by molar-refractivity contribution is 0.710.